The summed E-state index contributed by atoms with van der Waals surface area (Å²) in [4.78, 5) is 11.8. The Morgan fingerprint density at radius 3 is 2.59 bits per heavy atom. The van der Waals surface area contributed by atoms with E-state index in [9.17, 15) is 4.79 Å². The second-order valence-electron chi connectivity index (χ2n) is 3.69. The van der Waals surface area contributed by atoms with Gasteiger partial charge in [-0.25, -0.2) is 4.68 Å². The average Bonchev–Trinajstić information content (AvgIpc) is 2.52. The van der Waals surface area contributed by atoms with E-state index in [2.05, 4.69) is 21.0 Å². The number of H-pyrrole nitrogens is 1. The monoisotopic (exact) mass is 334 g/mol. The Morgan fingerprint density at radius 1 is 1.35 bits per heavy atom. The second-order valence-corrected chi connectivity index (χ2v) is 5.30. The first-order valence-corrected chi connectivity index (χ1v) is 6.43. The molecule has 0 fully saturated rings. The van der Waals surface area contributed by atoms with Crippen LogP contribution in [0.5, 0.6) is 0 Å². The van der Waals surface area contributed by atoms with Gasteiger partial charge in [0, 0.05) is 5.56 Å². The Morgan fingerprint density at radius 2 is 2.06 bits per heavy atom. The van der Waals surface area contributed by atoms with Gasteiger partial charge in [-0.15, -0.1) is 0 Å². The maximum absolute atomic E-state index is 11.8. The van der Waals surface area contributed by atoms with Gasteiger partial charge in [0.25, 0.3) is 5.56 Å². The minimum Gasteiger partial charge on any atom is -0.288 e. The number of rotatable bonds is 2. The van der Waals surface area contributed by atoms with Crippen LogP contribution in [-0.4, -0.2) is 9.78 Å². The quantitative estimate of drug-likeness (QED) is 0.894. The van der Waals surface area contributed by atoms with Crippen LogP contribution < -0.4 is 5.56 Å². The fourth-order valence-corrected chi connectivity index (χ4v) is 2.19. The van der Waals surface area contributed by atoms with Crippen LogP contribution in [0.2, 0.25) is 10.0 Å². The summed E-state index contributed by atoms with van der Waals surface area (Å²) in [6, 6.07) is 5.31. The van der Waals surface area contributed by atoms with Gasteiger partial charge in [-0.3, -0.25) is 9.89 Å². The number of hydrogen-bond donors (Lipinski definition) is 1. The van der Waals surface area contributed by atoms with Crippen LogP contribution in [0.4, 0.5) is 0 Å². The predicted octanol–water partition coefficient (Wildman–Crippen LogP) is 3.60. The lowest BCUT2D eigenvalue weighted by atomic mass is 10.2. The predicted molar refractivity (Wildman–Crippen MR) is 73.1 cm³/mol. The third kappa shape index (κ3) is 2.59. The van der Waals surface area contributed by atoms with Crippen molar-refractivity contribution in [2.24, 2.45) is 0 Å². The molecule has 90 valence electrons. The first kappa shape index (κ1) is 12.7. The van der Waals surface area contributed by atoms with Crippen molar-refractivity contribution in [3.05, 3.63) is 54.3 Å². The van der Waals surface area contributed by atoms with Crippen molar-refractivity contribution in [1.29, 1.82) is 0 Å². The zero-order chi connectivity index (χ0) is 12.6. The normalized spacial score (nSPS) is 10.8. The van der Waals surface area contributed by atoms with Gasteiger partial charge in [0.2, 0.25) is 0 Å². The van der Waals surface area contributed by atoms with Gasteiger partial charge in [-0.1, -0.05) is 29.3 Å². The summed E-state index contributed by atoms with van der Waals surface area (Å²) in [6.45, 7) is 2.19. The van der Waals surface area contributed by atoms with Gasteiger partial charge in [0.1, 0.15) is 4.60 Å². The van der Waals surface area contributed by atoms with Crippen molar-refractivity contribution in [2.45, 2.75) is 13.5 Å². The lowest BCUT2D eigenvalue weighted by Crippen LogP contribution is -2.18. The van der Waals surface area contributed by atoms with Crippen molar-refractivity contribution in [3.8, 4) is 0 Å². The van der Waals surface area contributed by atoms with E-state index in [1.165, 1.54) is 4.68 Å². The molecule has 1 aromatic heterocycles. The molecule has 1 heterocycles. The molecule has 2 aromatic rings. The molecule has 0 radical (unpaired) electrons. The molecule has 0 saturated heterocycles. The Balaban J connectivity index is 2.35. The fourth-order valence-electron chi connectivity index (χ4n) is 1.48. The van der Waals surface area contributed by atoms with E-state index in [1.807, 2.05) is 6.07 Å². The highest BCUT2D eigenvalue weighted by Crippen LogP contribution is 2.22. The zero-order valence-corrected chi connectivity index (χ0v) is 12.0. The summed E-state index contributed by atoms with van der Waals surface area (Å²) in [7, 11) is 0. The van der Waals surface area contributed by atoms with Crippen LogP contribution in [0.15, 0.2) is 27.6 Å². The number of nitrogens with one attached hydrogen (secondary N) is 1. The lowest BCUT2D eigenvalue weighted by Gasteiger charge is -2.03. The molecule has 1 aromatic carbocycles. The summed E-state index contributed by atoms with van der Waals surface area (Å²) in [5.41, 5.74) is 1.52. The van der Waals surface area contributed by atoms with Crippen LogP contribution in [0.1, 0.15) is 11.1 Å². The van der Waals surface area contributed by atoms with Crippen LogP contribution in [-0.2, 0) is 6.54 Å². The Hall–Kier alpha value is -0.710. The van der Waals surface area contributed by atoms with E-state index in [-0.39, 0.29) is 5.56 Å². The maximum Gasteiger partial charge on any atom is 0.270 e. The molecule has 2 rings (SSSR count). The molecule has 0 unspecified atom stereocenters. The highest BCUT2D eigenvalue weighted by atomic mass is 79.9. The van der Waals surface area contributed by atoms with Crippen LogP contribution >= 0.6 is 39.1 Å². The summed E-state index contributed by atoms with van der Waals surface area (Å²) < 4.78 is 2.21. The van der Waals surface area contributed by atoms with Crippen molar-refractivity contribution < 1.29 is 0 Å². The molecular formula is C11H9BrCl2N2O. The maximum atomic E-state index is 11.8. The number of hydrogen-bond acceptors (Lipinski definition) is 1. The largest absolute Gasteiger partial charge is 0.288 e. The van der Waals surface area contributed by atoms with Crippen molar-refractivity contribution in [2.75, 3.05) is 0 Å². The molecule has 3 nitrogen and oxygen atoms in total. The third-order valence-electron chi connectivity index (χ3n) is 2.45. The molecule has 0 spiro atoms. The molecule has 0 aliphatic carbocycles. The Kier molecular flexibility index (Phi) is 3.66. The van der Waals surface area contributed by atoms with Crippen LogP contribution in [0.25, 0.3) is 0 Å². The average molecular weight is 336 g/mol. The van der Waals surface area contributed by atoms with Gasteiger partial charge >= 0.3 is 0 Å². The molecule has 0 bridgehead atoms. The standard InChI is InChI=1S/C11H9BrCl2N2O/c1-6-10(12)15-16(11(6)17)5-7-2-3-8(13)9(14)4-7/h2-4,15H,5H2,1H3. The minimum atomic E-state index is -0.0528. The van der Waals surface area contributed by atoms with Gasteiger partial charge in [0.05, 0.1) is 16.6 Å². The number of nitrogens with zero attached hydrogens (tertiary/aromatic N) is 1. The Bertz CT molecular complexity index is 618. The van der Waals surface area contributed by atoms with E-state index in [0.717, 1.165) is 5.56 Å². The summed E-state index contributed by atoms with van der Waals surface area (Å²) >= 11 is 15.0. The van der Waals surface area contributed by atoms with Crippen LogP contribution in [0, 0.1) is 6.92 Å². The summed E-state index contributed by atoms with van der Waals surface area (Å²) in [6.07, 6.45) is 0. The zero-order valence-electron chi connectivity index (χ0n) is 8.93. The molecule has 0 amide bonds. The van der Waals surface area contributed by atoms with Crippen molar-refractivity contribution >= 4 is 39.1 Å². The first-order valence-electron chi connectivity index (χ1n) is 4.88. The van der Waals surface area contributed by atoms with Crippen molar-refractivity contribution in [3.63, 3.8) is 0 Å². The van der Waals surface area contributed by atoms with E-state index >= 15 is 0 Å². The number of benzene rings is 1. The highest BCUT2D eigenvalue weighted by molar-refractivity contribution is 9.10. The van der Waals surface area contributed by atoms with E-state index in [1.54, 1.807) is 19.1 Å². The smallest absolute Gasteiger partial charge is 0.270 e. The molecule has 6 heteroatoms. The molecule has 17 heavy (non-hydrogen) atoms. The van der Waals surface area contributed by atoms with E-state index < -0.39 is 0 Å². The van der Waals surface area contributed by atoms with Gasteiger partial charge < -0.3 is 0 Å². The molecular weight excluding hydrogens is 327 g/mol. The highest BCUT2D eigenvalue weighted by Gasteiger charge is 2.08. The SMILES string of the molecule is Cc1c(Br)[nH]n(Cc2ccc(Cl)c(Cl)c2)c1=O. The van der Waals surface area contributed by atoms with Crippen molar-refractivity contribution in [1.82, 2.24) is 9.78 Å². The number of aromatic amines is 1. The molecule has 0 aliphatic heterocycles. The van der Waals surface area contributed by atoms with Gasteiger partial charge in [-0.05, 0) is 40.5 Å². The molecule has 0 aliphatic rings. The molecule has 1 N–H and O–H groups in total. The van der Waals surface area contributed by atoms with E-state index in [4.69, 9.17) is 23.2 Å². The van der Waals surface area contributed by atoms with Gasteiger partial charge in [0.15, 0.2) is 0 Å². The number of aromatic nitrogens is 2. The van der Waals surface area contributed by atoms with Gasteiger partial charge in [-0.2, -0.15) is 0 Å². The molecule has 0 atom stereocenters. The van der Waals surface area contributed by atoms with E-state index in [0.29, 0.717) is 26.8 Å². The van der Waals surface area contributed by atoms with Crippen LogP contribution in [0.3, 0.4) is 0 Å². The number of halogens is 3. The lowest BCUT2D eigenvalue weighted by molar-refractivity contribution is 0.659. The summed E-state index contributed by atoms with van der Waals surface area (Å²) in [5.74, 6) is 0. The second kappa shape index (κ2) is 4.88. The Labute approximate surface area is 116 Å². The first-order chi connectivity index (χ1) is 7.99. The summed E-state index contributed by atoms with van der Waals surface area (Å²) in [5, 5.41) is 3.93. The molecule has 0 saturated carbocycles. The minimum absolute atomic E-state index is 0.0528. The fraction of sp³-hybridized carbons (Fsp3) is 0.182. The topological polar surface area (TPSA) is 37.8 Å². The third-order valence-corrected chi connectivity index (χ3v) is 3.96.